The summed E-state index contributed by atoms with van der Waals surface area (Å²) in [5.74, 6) is 0. The van der Waals surface area contributed by atoms with Crippen molar-refractivity contribution in [3.8, 4) is 0 Å². The molecule has 0 aliphatic carbocycles. The van der Waals surface area contributed by atoms with Crippen molar-refractivity contribution in [2.45, 2.75) is 18.7 Å². The first-order chi connectivity index (χ1) is 8.56. The smallest absolute Gasteiger partial charge is 0.0626 e. The maximum Gasteiger partial charge on any atom is 0.0626 e. The molecule has 0 aromatic heterocycles. The van der Waals surface area contributed by atoms with Crippen LogP contribution in [0.25, 0.3) is 0 Å². The molecular weight excluding hydrogens is 378 g/mol. The summed E-state index contributed by atoms with van der Waals surface area (Å²) in [5, 5.41) is 0.727. The summed E-state index contributed by atoms with van der Waals surface area (Å²) in [6, 6.07) is 14.5. The molecule has 2 aromatic carbocycles. The van der Waals surface area contributed by atoms with Gasteiger partial charge in [-0.3, -0.25) is 0 Å². The lowest BCUT2D eigenvalue weighted by Crippen LogP contribution is -1.96. The minimum Gasteiger partial charge on any atom is -0.117 e. The monoisotopic (exact) mass is 390 g/mol. The summed E-state index contributed by atoms with van der Waals surface area (Å²) in [4.78, 5) is 0. The Balaban J connectivity index is 2.13. The average Bonchev–Trinajstić information content (AvgIpc) is 2.35. The van der Waals surface area contributed by atoms with Gasteiger partial charge >= 0.3 is 0 Å². The van der Waals surface area contributed by atoms with Crippen molar-refractivity contribution in [2.24, 2.45) is 0 Å². The van der Waals surface area contributed by atoms with E-state index in [1.807, 2.05) is 18.2 Å². The van der Waals surface area contributed by atoms with E-state index in [9.17, 15) is 0 Å². The van der Waals surface area contributed by atoms with Crippen LogP contribution in [0, 0.1) is 10.5 Å². The first-order valence-corrected chi connectivity index (χ1v) is 7.60. The summed E-state index contributed by atoms with van der Waals surface area (Å²) in [7, 11) is 0. The third-order valence-corrected chi connectivity index (χ3v) is 4.82. The Morgan fingerprint density at radius 2 is 1.78 bits per heavy atom. The number of aryl methyl sites for hydroxylation is 1. The van der Waals surface area contributed by atoms with Crippen LogP contribution in [-0.2, 0) is 6.42 Å². The fraction of sp³-hybridized carbons (Fsp3) is 0.200. The Kier molecular flexibility index (Phi) is 4.93. The van der Waals surface area contributed by atoms with Gasteiger partial charge in [-0.15, -0.1) is 11.6 Å². The second-order valence-corrected chi connectivity index (χ2v) is 6.43. The highest BCUT2D eigenvalue weighted by molar-refractivity contribution is 14.1. The van der Waals surface area contributed by atoms with E-state index in [2.05, 4.69) is 53.8 Å². The Morgan fingerprint density at radius 3 is 2.39 bits per heavy atom. The van der Waals surface area contributed by atoms with Crippen LogP contribution in [0.5, 0.6) is 0 Å². The summed E-state index contributed by atoms with van der Waals surface area (Å²) in [5.41, 5.74) is 3.58. The lowest BCUT2D eigenvalue weighted by Gasteiger charge is -2.11. The lowest BCUT2D eigenvalue weighted by atomic mass is 10.0. The van der Waals surface area contributed by atoms with E-state index >= 15 is 0 Å². The maximum absolute atomic E-state index is 6.44. The van der Waals surface area contributed by atoms with Gasteiger partial charge in [0.1, 0.15) is 0 Å². The Morgan fingerprint density at radius 1 is 1.11 bits per heavy atom. The van der Waals surface area contributed by atoms with E-state index in [0.29, 0.717) is 0 Å². The molecule has 0 aliphatic heterocycles. The predicted molar refractivity (Wildman–Crippen MR) is 87.6 cm³/mol. The van der Waals surface area contributed by atoms with Gasteiger partial charge in [0.2, 0.25) is 0 Å². The molecule has 1 unspecified atom stereocenters. The van der Waals surface area contributed by atoms with E-state index in [4.69, 9.17) is 23.2 Å². The van der Waals surface area contributed by atoms with Crippen molar-refractivity contribution in [1.29, 1.82) is 0 Å². The lowest BCUT2D eigenvalue weighted by molar-refractivity contribution is 0.919. The number of alkyl halides is 1. The van der Waals surface area contributed by atoms with Gasteiger partial charge in [-0.05, 0) is 59.2 Å². The van der Waals surface area contributed by atoms with Crippen LogP contribution in [0.1, 0.15) is 22.1 Å². The van der Waals surface area contributed by atoms with Crippen LogP contribution in [0.3, 0.4) is 0 Å². The minimum absolute atomic E-state index is 0.0396. The van der Waals surface area contributed by atoms with Crippen LogP contribution in [-0.4, -0.2) is 0 Å². The van der Waals surface area contributed by atoms with Crippen molar-refractivity contribution < 1.29 is 0 Å². The zero-order chi connectivity index (χ0) is 13.1. The highest BCUT2D eigenvalue weighted by Gasteiger charge is 2.10. The number of rotatable bonds is 3. The van der Waals surface area contributed by atoms with E-state index < -0.39 is 0 Å². The van der Waals surface area contributed by atoms with Gasteiger partial charge in [0.15, 0.2) is 0 Å². The van der Waals surface area contributed by atoms with Gasteiger partial charge in [-0.2, -0.15) is 0 Å². The van der Waals surface area contributed by atoms with Crippen LogP contribution >= 0.6 is 45.8 Å². The molecule has 2 rings (SSSR count). The largest absolute Gasteiger partial charge is 0.117 e. The number of halogens is 3. The molecular formula is C15H13Cl2I. The number of hydrogen-bond acceptors (Lipinski definition) is 0. The van der Waals surface area contributed by atoms with E-state index in [-0.39, 0.29) is 5.38 Å². The predicted octanol–water partition coefficient (Wildman–Crippen LogP) is 5.78. The Hall–Kier alpha value is -0.250. The van der Waals surface area contributed by atoms with Crippen molar-refractivity contribution in [3.63, 3.8) is 0 Å². The zero-order valence-electron chi connectivity index (χ0n) is 9.96. The van der Waals surface area contributed by atoms with Crippen molar-refractivity contribution in [3.05, 3.63) is 67.7 Å². The molecule has 0 nitrogen and oxygen atoms in total. The van der Waals surface area contributed by atoms with Crippen LogP contribution in [0.4, 0.5) is 0 Å². The molecule has 0 heterocycles. The first-order valence-electron chi connectivity index (χ1n) is 5.71. The van der Waals surface area contributed by atoms with Crippen molar-refractivity contribution in [1.82, 2.24) is 0 Å². The van der Waals surface area contributed by atoms with Crippen molar-refractivity contribution >= 4 is 45.8 Å². The molecule has 0 saturated heterocycles. The quantitative estimate of drug-likeness (QED) is 0.460. The number of benzene rings is 2. The van der Waals surface area contributed by atoms with Gasteiger partial charge in [-0.25, -0.2) is 0 Å². The average molecular weight is 391 g/mol. The molecule has 0 radical (unpaired) electrons. The highest BCUT2D eigenvalue weighted by Crippen LogP contribution is 2.29. The molecule has 2 aromatic rings. The molecule has 0 amide bonds. The fourth-order valence-electron chi connectivity index (χ4n) is 1.76. The Labute approximate surface area is 131 Å². The molecule has 0 spiro atoms. The molecule has 0 N–H and O–H groups in total. The second-order valence-electron chi connectivity index (χ2n) is 4.33. The SMILES string of the molecule is Cc1ccc(CC(Cl)c2ccc(I)c(Cl)c2)cc1. The van der Waals surface area contributed by atoms with Crippen LogP contribution in [0.2, 0.25) is 5.02 Å². The third kappa shape index (κ3) is 3.62. The molecule has 18 heavy (non-hydrogen) atoms. The highest BCUT2D eigenvalue weighted by atomic mass is 127. The first kappa shape index (κ1) is 14.2. The Bertz CT molecular complexity index is 535. The van der Waals surface area contributed by atoms with Gasteiger partial charge in [0.25, 0.3) is 0 Å². The van der Waals surface area contributed by atoms with E-state index in [1.54, 1.807) is 0 Å². The molecule has 0 bridgehead atoms. The summed E-state index contributed by atoms with van der Waals surface area (Å²) in [6.45, 7) is 2.08. The summed E-state index contributed by atoms with van der Waals surface area (Å²) < 4.78 is 1.05. The second kappa shape index (κ2) is 6.27. The van der Waals surface area contributed by atoms with Crippen LogP contribution < -0.4 is 0 Å². The molecule has 3 heteroatoms. The van der Waals surface area contributed by atoms with Gasteiger partial charge in [0, 0.05) is 3.57 Å². The zero-order valence-corrected chi connectivity index (χ0v) is 13.6. The molecule has 1 atom stereocenters. The summed E-state index contributed by atoms with van der Waals surface area (Å²) >= 11 is 14.8. The fourth-order valence-corrected chi connectivity index (χ4v) is 2.59. The normalized spacial score (nSPS) is 12.4. The maximum atomic E-state index is 6.44. The van der Waals surface area contributed by atoms with Gasteiger partial charge in [0.05, 0.1) is 10.4 Å². The standard InChI is InChI=1S/C15H13Cl2I/c1-10-2-4-11(5-3-10)8-13(16)12-6-7-15(18)14(17)9-12/h2-7,9,13H,8H2,1H3. The molecule has 94 valence electrons. The summed E-state index contributed by atoms with van der Waals surface area (Å²) in [6.07, 6.45) is 0.818. The van der Waals surface area contributed by atoms with E-state index in [0.717, 1.165) is 20.6 Å². The minimum atomic E-state index is -0.0396. The van der Waals surface area contributed by atoms with Gasteiger partial charge in [-0.1, -0.05) is 47.5 Å². The molecule has 0 aliphatic rings. The van der Waals surface area contributed by atoms with Crippen LogP contribution in [0.15, 0.2) is 42.5 Å². The van der Waals surface area contributed by atoms with Gasteiger partial charge < -0.3 is 0 Å². The molecule has 0 fully saturated rings. The topological polar surface area (TPSA) is 0 Å². The van der Waals surface area contributed by atoms with E-state index in [1.165, 1.54) is 11.1 Å². The van der Waals surface area contributed by atoms with Crippen molar-refractivity contribution in [2.75, 3.05) is 0 Å². The molecule has 0 saturated carbocycles. The number of hydrogen-bond donors (Lipinski definition) is 0. The third-order valence-electron chi connectivity index (χ3n) is 2.84.